The van der Waals surface area contributed by atoms with Crippen molar-refractivity contribution in [1.29, 1.82) is 0 Å². The molecule has 0 radical (unpaired) electrons. The van der Waals surface area contributed by atoms with Crippen LogP contribution in [0.2, 0.25) is 0 Å². The van der Waals surface area contributed by atoms with Gasteiger partial charge in [0.2, 0.25) is 5.91 Å². The second-order valence-corrected chi connectivity index (χ2v) is 8.22. The molecule has 1 aliphatic carbocycles. The lowest BCUT2D eigenvalue weighted by molar-refractivity contribution is -0.133. The first-order chi connectivity index (χ1) is 11.2. The lowest BCUT2D eigenvalue weighted by Crippen LogP contribution is -2.48. The van der Waals surface area contributed by atoms with Crippen molar-refractivity contribution in [2.45, 2.75) is 45.1 Å². The van der Waals surface area contributed by atoms with Crippen LogP contribution in [-0.2, 0) is 11.3 Å². The van der Waals surface area contributed by atoms with Crippen LogP contribution in [0.4, 0.5) is 0 Å². The van der Waals surface area contributed by atoms with E-state index in [9.17, 15) is 4.79 Å². The third kappa shape index (κ3) is 5.18. The van der Waals surface area contributed by atoms with Gasteiger partial charge in [-0.1, -0.05) is 37.8 Å². The summed E-state index contributed by atoms with van der Waals surface area (Å²) in [6.07, 6.45) is 7.31. The molecular formula is C19H27IN2O. The van der Waals surface area contributed by atoms with Crippen LogP contribution < -0.4 is 0 Å². The summed E-state index contributed by atoms with van der Waals surface area (Å²) in [6.45, 7) is 4.79. The Morgan fingerprint density at radius 2 is 1.87 bits per heavy atom. The summed E-state index contributed by atoms with van der Waals surface area (Å²) in [7, 11) is 0. The molecule has 2 fully saturated rings. The molecule has 1 aromatic rings. The van der Waals surface area contributed by atoms with Crippen LogP contribution in [0.1, 0.15) is 44.1 Å². The minimum absolute atomic E-state index is 0.380. The normalized spacial score (nSPS) is 20.1. The summed E-state index contributed by atoms with van der Waals surface area (Å²) in [4.78, 5) is 16.9. The fourth-order valence-electron chi connectivity index (χ4n) is 3.83. The number of rotatable bonds is 5. The van der Waals surface area contributed by atoms with E-state index in [-0.39, 0.29) is 0 Å². The van der Waals surface area contributed by atoms with E-state index in [4.69, 9.17) is 0 Å². The molecule has 0 spiro atoms. The minimum atomic E-state index is 0.380. The molecule has 0 aromatic heterocycles. The fourth-order valence-corrected chi connectivity index (χ4v) is 4.44. The van der Waals surface area contributed by atoms with Gasteiger partial charge in [0.25, 0.3) is 0 Å². The largest absolute Gasteiger partial charge is 0.340 e. The summed E-state index contributed by atoms with van der Waals surface area (Å²) >= 11 is 2.37. The molecule has 3 nitrogen and oxygen atoms in total. The standard InChI is InChI=1S/C19H27IN2O/c20-18-7-3-6-17(14-18)15-21-10-12-22(13-11-21)19(23)9-8-16-4-1-2-5-16/h3,6-7,14,16H,1-2,4-5,8-13,15H2. The van der Waals surface area contributed by atoms with E-state index in [2.05, 4.69) is 56.7 Å². The number of carbonyl (C=O) groups is 1. The van der Waals surface area contributed by atoms with Crippen LogP contribution in [0.3, 0.4) is 0 Å². The monoisotopic (exact) mass is 426 g/mol. The maximum Gasteiger partial charge on any atom is 0.222 e. The van der Waals surface area contributed by atoms with Gasteiger partial charge in [0.05, 0.1) is 0 Å². The second-order valence-electron chi connectivity index (χ2n) is 6.98. The van der Waals surface area contributed by atoms with Gasteiger partial charge in [-0.15, -0.1) is 0 Å². The topological polar surface area (TPSA) is 23.6 Å². The van der Waals surface area contributed by atoms with Gasteiger partial charge < -0.3 is 4.90 Å². The average Bonchev–Trinajstić information content (AvgIpc) is 3.07. The number of halogens is 1. The Hall–Kier alpha value is -0.620. The average molecular weight is 426 g/mol. The maximum atomic E-state index is 12.4. The summed E-state index contributed by atoms with van der Waals surface area (Å²) in [5.74, 6) is 1.20. The summed E-state index contributed by atoms with van der Waals surface area (Å²) in [5.41, 5.74) is 1.37. The highest BCUT2D eigenvalue weighted by Crippen LogP contribution is 2.28. The van der Waals surface area contributed by atoms with E-state index in [1.165, 1.54) is 34.8 Å². The molecule has 0 N–H and O–H groups in total. The summed E-state index contributed by atoms with van der Waals surface area (Å²) in [6, 6.07) is 8.70. The zero-order valence-electron chi connectivity index (χ0n) is 13.8. The Kier molecular flexibility index (Phi) is 6.34. The number of hydrogen-bond acceptors (Lipinski definition) is 2. The van der Waals surface area contributed by atoms with E-state index in [0.717, 1.165) is 51.5 Å². The van der Waals surface area contributed by atoms with E-state index >= 15 is 0 Å². The molecule has 23 heavy (non-hydrogen) atoms. The van der Waals surface area contributed by atoms with Gasteiger partial charge in [0.1, 0.15) is 0 Å². The highest BCUT2D eigenvalue weighted by molar-refractivity contribution is 14.1. The lowest BCUT2D eigenvalue weighted by Gasteiger charge is -2.35. The number of carbonyl (C=O) groups excluding carboxylic acids is 1. The molecule has 1 aliphatic heterocycles. The zero-order chi connectivity index (χ0) is 16.1. The van der Waals surface area contributed by atoms with Crippen molar-refractivity contribution in [1.82, 2.24) is 9.80 Å². The lowest BCUT2D eigenvalue weighted by atomic mass is 10.0. The molecule has 126 valence electrons. The third-order valence-electron chi connectivity index (χ3n) is 5.26. The Morgan fingerprint density at radius 3 is 2.57 bits per heavy atom. The van der Waals surface area contributed by atoms with E-state index in [0.29, 0.717) is 5.91 Å². The molecule has 0 unspecified atom stereocenters. The Morgan fingerprint density at radius 1 is 1.13 bits per heavy atom. The zero-order valence-corrected chi connectivity index (χ0v) is 16.0. The van der Waals surface area contributed by atoms with Crippen molar-refractivity contribution in [3.8, 4) is 0 Å². The minimum Gasteiger partial charge on any atom is -0.340 e. The first-order valence-electron chi connectivity index (χ1n) is 8.95. The van der Waals surface area contributed by atoms with Gasteiger partial charge in [0.15, 0.2) is 0 Å². The molecule has 1 amide bonds. The van der Waals surface area contributed by atoms with E-state index < -0.39 is 0 Å². The number of amides is 1. The first kappa shape index (κ1) is 17.2. The van der Waals surface area contributed by atoms with E-state index in [1.54, 1.807) is 0 Å². The van der Waals surface area contributed by atoms with Crippen LogP contribution in [0.25, 0.3) is 0 Å². The Bertz CT molecular complexity index is 520. The molecule has 3 rings (SSSR count). The molecule has 0 atom stereocenters. The Labute approximate surface area is 153 Å². The summed E-state index contributed by atoms with van der Waals surface area (Å²) < 4.78 is 1.29. The van der Waals surface area contributed by atoms with Gasteiger partial charge in [0, 0.05) is 42.7 Å². The first-order valence-corrected chi connectivity index (χ1v) is 10.0. The van der Waals surface area contributed by atoms with Crippen molar-refractivity contribution < 1.29 is 4.79 Å². The fraction of sp³-hybridized carbons (Fsp3) is 0.632. The van der Waals surface area contributed by atoms with Crippen molar-refractivity contribution in [3.05, 3.63) is 33.4 Å². The van der Waals surface area contributed by atoms with Crippen LogP contribution in [0.15, 0.2) is 24.3 Å². The molecule has 1 aromatic carbocycles. The highest BCUT2D eigenvalue weighted by Gasteiger charge is 2.22. The second kappa shape index (κ2) is 8.47. The van der Waals surface area contributed by atoms with E-state index in [1.807, 2.05) is 0 Å². The van der Waals surface area contributed by atoms with Crippen LogP contribution in [0.5, 0.6) is 0 Å². The number of hydrogen-bond donors (Lipinski definition) is 0. The predicted molar refractivity (Wildman–Crippen MR) is 102 cm³/mol. The van der Waals surface area contributed by atoms with Crippen molar-refractivity contribution in [3.63, 3.8) is 0 Å². The van der Waals surface area contributed by atoms with Gasteiger partial charge in [-0.3, -0.25) is 9.69 Å². The highest BCUT2D eigenvalue weighted by atomic mass is 127. The molecule has 1 saturated heterocycles. The summed E-state index contributed by atoms with van der Waals surface area (Å²) in [5, 5.41) is 0. The van der Waals surface area contributed by atoms with Crippen LogP contribution in [0, 0.1) is 9.49 Å². The molecular weight excluding hydrogens is 399 g/mol. The van der Waals surface area contributed by atoms with Crippen LogP contribution in [-0.4, -0.2) is 41.9 Å². The predicted octanol–water partition coefficient (Wildman–Crippen LogP) is 3.91. The SMILES string of the molecule is O=C(CCC1CCCC1)N1CCN(Cc2cccc(I)c2)CC1. The number of benzene rings is 1. The van der Waals surface area contributed by atoms with Gasteiger partial charge >= 0.3 is 0 Å². The Balaban J connectivity index is 1.40. The van der Waals surface area contributed by atoms with Crippen molar-refractivity contribution in [2.24, 2.45) is 5.92 Å². The molecule has 0 bridgehead atoms. The number of nitrogens with zero attached hydrogens (tertiary/aromatic N) is 2. The third-order valence-corrected chi connectivity index (χ3v) is 5.93. The smallest absolute Gasteiger partial charge is 0.222 e. The van der Waals surface area contributed by atoms with Crippen molar-refractivity contribution in [2.75, 3.05) is 26.2 Å². The van der Waals surface area contributed by atoms with Crippen molar-refractivity contribution >= 4 is 28.5 Å². The maximum absolute atomic E-state index is 12.4. The molecule has 1 saturated carbocycles. The quantitative estimate of drug-likeness (QED) is 0.667. The van der Waals surface area contributed by atoms with Gasteiger partial charge in [-0.05, 0) is 52.6 Å². The molecule has 1 heterocycles. The van der Waals surface area contributed by atoms with Crippen LogP contribution >= 0.6 is 22.6 Å². The van der Waals surface area contributed by atoms with Gasteiger partial charge in [-0.2, -0.15) is 0 Å². The number of piperazine rings is 1. The van der Waals surface area contributed by atoms with Gasteiger partial charge in [-0.25, -0.2) is 0 Å². The molecule has 4 heteroatoms. The molecule has 2 aliphatic rings.